The lowest BCUT2D eigenvalue weighted by Gasteiger charge is -2.06. The van der Waals surface area contributed by atoms with E-state index in [4.69, 9.17) is 16.6 Å². The summed E-state index contributed by atoms with van der Waals surface area (Å²) < 4.78 is 6.16. The summed E-state index contributed by atoms with van der Waals surface area (Å²) in [6.45, 7) is 0. The zero-order valence-electron chi connectivity index (χ0n) is 12.7. The molecule has 8 heteroatoms. The standard InChI is InChI=1S/C17H11N3O3S2/c21-14(12-7-4-8-23-12)19-20-16(22)11-9-13(10-5-2-1-3-6-10)25-15(11)18-17(20)24/h1-9H,(H,18,24)(H,19,21). The van der Waals surface area contributed by atoms with Gasteiger partial charge in [-0.25, -0.2) is 0 Å². The Morgan fingerprint density at radius 1 is 1.20 bits per heavy atom. The molecule has 0 aliphatic heterocycles. The number of furan rings is 1. The molecule has 0 unspecified atom stereocenters. The van der Waals surface area contributed by atoms with Gasteiger partial charge in [-0.1, -0.05) is 30.3 Å². The van der Waals surface area contributed by atoms with Gasteiger partial charge in [0, 0.05) is 4.88 Å². The SMILES string of the molecule is O=C(Nn1c(=S)[nH]c2sc(-c3ccccc3)cc2c1=O)c1ccco1. The van der Waals surface area contributed by atoms with Crippen molar-refractivity contribution in [3.63, 3.8) is 0 Å². The smallest absolute Gasteiger partial charge is 0.305 e. The molecule has 0 saturated carbocycles. The van der Waals surface area contributed by atoms with E-state index in [1.54, 1.807) is 12.1 Å². The van der Waals surface area contributed by atoms with E-state index in [-0.39, 0.29) is 10.5 Å². The minimum atomic E-state index is -0.551. The molecule has 3 heterocycles. The summed E-state index contributed by atoms with van der Waals surface area (Å²) in [6, 6.07) is 14.6. The highest BCUT2D eigenvalue weighted by atomic mass is 32.1. The number of carbonyl (C=O) groups excluding carboxylic acids is 1. The van der Waals surface area contributed by atoms with Crippen molar-refractivity contribution in [2.75, 3.05) is 5.43 Å². The lowest BCUT2D eigenvalue weighted by molar-refractivity contribution is 0.0980. The number of aromatic nitrogens is 2. The lowest BCUT2D eigenvalue weighted by Crippen LogP contribution is -2.34. The number of thiophene rings is 1. The van der Waals surface area contributed by atoms with E-state index in [1.165, 1.54) is 23.7 Å². The third-order valence-corrected chi connectivity index (χ3v) is 4.99. The van der Waals surface area contributed by atoms with Crippen LogP contribution in [0.25, 0.3) is 20.7 Å². The molecule has 1 aromatic carbocycles. The van der Waals surface area contributed by atoms with Gasteiger partial charge in [0.15, 0.2) is 5.76 Å². The van der Waals surface area contributed by atoms with Crippen LogP contribution in [0.2, 0.25) is 0 Å². The monoisotopic (exact) mass is 369 g/mol. The van der Waals surface area contributed by atoms with Crippen LogP contribution in [0.15, 0.2) is 64.0 Å². The predicted octanol–water partition coefficient (Wildman–Crippen LogP) is 3.76. The largest absolute Gasteiger partial charge is 0.459 e. The third-order valence-electron chi connectivity index (χ3n) is 3.61. The molecule has 0 atom stereocenters. The van der Waals surface area contributed by atoms with Gasteiger partial charge in [0.25, 0.3) is 5.56 Å². The fourth-order valence-corrected chi connectivity index (χ4v) is 3.77. The van der Waals surface area contributed by atoms with Gasteiger partial charge >= 0.3 is 5.91 Å². The fraction of sp³-hybridized carbons (Fsp3) is 0. The molecule has 0 fully saturated rings. The van der Waals surface area contributed by atoms with E-state index in [0.717, 1.165) is 15.1 Å². The minimum Gasteiger partial charge on any atom is -0.459 e. The molecule has 0 saturated heterocycles. The van der Waals surface area contributed by atoms with Gasteiger partial charge in [0.2, 0.25) is 4.77 Å². The quantitative estimate of drug-likeness (QED) is 0.539. The van der Waals surface area contributed by atoms with Gasteiger partial charge in [-0.3, -0.25) is 15.0 Å². The van der Waals surface area contributed by atoms with Gasteiger partial charge in [0.05, 0.1) is 11.6 Å². The van der Waals surface area contributed by atoms with Crippen molar-refractivity contribution >= 4 is 39.7 Å². The highest BCUT2D eigenvalue weighted by Gasteiger charge is 2.14. The van der Waals surface area contributed by atoms with E-state index >= 15 is 0 Å². The molecule has 0 bridgehead atoms. The van der Waals surface area contributed by atoms with Crippen LogP contribution in [-0.4, -0.2) is 15.6 Å². The number of H-pyrrole nitrogens is 1. The molecule has 0 radical (unpaired) electrons. The van der Waals surface area contributed by atoms with Gasteiger partial charge in [-0.15, -0.1) is 11.3 Å². The number of amides is 1. The summed E-state index contributed by atoms with van der Waals surface area (Å²) in [6.07, 6.45) is 1.38. The van der Waals surface area contributed by atoms with Gasteiger partial charge in [-0.2, -0.15) is 4.68 Å². The van der Waals surface area contributed by atoms with Crippen molar-refractivity contribution < 1.29 is 9.21 Å². The number of hydrogen-bond acceptors (Lipinski definition) is 5. The van der Waals surface area contributed by atoms with E-state index in [9.17, 15) is 9.59 Å². The van der Waals surface area contributed by atoms with E-state index in [1.807, 2.05) is 30.3 Å². The maximum atomic E-state index is 12.7. The molecule has 124 valence electrons. The van der Waals surface area contributed by atoms with Crippen molar-refractivity contribution in [2.45, 2.75) is 0 Å². The number of carbonyl (C=O) groups is 1. The number of rotatable bonds is 3. The second kappa shape index (κ2) is 6.15. The average molecular weight is 369 g/mol. The molecule has 4 aromatic rings. The van der Waals surface area contributed by atoms with Crippen LogP contribution in [0.3, 0.4) is 0 Å². The molecule has 25 heavy (non-hydrogen) atoms. The number of fused-ring (bicyclic) bond motifs is 1. The van der Waals surface area contributed by atoms with Gasteiger partial charge in [0.1, 0.15) is 4.83 Å². The van der Waals surface area contributed by atoms with Crippen LogP contribution in [0.1, 0.15) is 10.6 Å². The molecule has 2 N–H and O–H groups in total. The Hall–Kier alpha value is -2.97. The number of hydrogen-bond donors (Lipinski definition) is 2. The molecule has 4 rings (SSSR count). The summed E-state index contributed by atoms with van der Waals surface area (Å²) in [5.41, 5.74) is 3.08. The molecule has 0 aliphatic rings. The first-order chi connectivity index (χ1) is 12.1. The summed E-state index contributed by atoms with van der Waals surface area (Å²) >= 11 is 6.65. The lowest BCUT2D eigenvalue weighted by atomic mass is 10.2. The number of nitrogens with zero attached hydrogens (tertiary/aromatic N) is 1. The normalized spacial score (nSPS) is 10.9. The maximum Gasteiger partial charge on any atom is 0.305 e. The van der Waals surface area contributed by atoms with Crippen molar-refractivity contribution in [3.05, 3.63) is 75.7 Å². The van der Waals surface area contributed by atoms with Gasteiger partial charge < -0.3 is 9.40 Å². The summed E-state index contributed by atoms with van der Waals surface area (Å²) in [5.74, 6) is -0.457. The van der Waals surface area contributed by atoms with Crippen LogP contribution < -0.4 is 11.0 Å². The van der Waals surface area contributed by atoms with E-state index < -0.39 is 11.5 Å². The first-order valence-corrected chi connectivity index (χ1v) is 8.55. The Kier molecular flexibility index (Phi) is 3.83. The number of benzene rings is 1. The average Bonchev–Trinajstić information content (AvgIpc) is 3.29. The predicted molar refractivity (Wildman–Crippen MR) is 99.1 cm³/mol. The zero-order chi connectivity index (χ0) is 17.4. The van der Waals surface area contributed by atoms with Crippen LogP contribution in [-0.2, 0) is 0 Å². The summed E-state index contributed by atoms with van der Waals surface area (Å²) in [7, 11) is 0. The van der Waals surface area contributed by atoms with Crippen LogP contribution >= 0.6 is 23.6 Å². The molecule has 6 nitrogen and oxygen atoms in total. The first-order valence-electron chi connectivity index (χ1n) is 7.32. The first kappa shape index (κ1) is 15.6. The Balaban J connectivity index is 1.80. The Labute approximate surface area is 150 Å². The van der Waals surface area contributed by atoms with Crippen LogP contribution in [0.5, 0.6) is 0 Å². The van der Waals surface area contributed by atoms with Crippen LogP contribution in [0.4, 0.5) is 0 Å². The summed E-state index contributed by atoms with van der Waals surface area (Å²) in [5, 5.41) is 0.456. The minimum absolute atomic E-state index is 0.0942. The van der Waals surface area contributed by atoms with Crippen molar-refractivity contribution in [1.82, 2.24) is 9.66 Å². The molecule has 0 aliphatic carbocycles. The van der Waals surface area contributed by atoms with E-state index in [0.29, 0.717) is 10.2 Å². The van der Waals surface area contributed by atoms with Crippen molar-refractivity contribution in [1.29, 1.82) is 0 Å². The number of aromatic amines is 1. The Morgan fingerprint density at radius 2 is 2.00 bits per heavy atom. The third kappa shape index (κ3) is 2.81. The second-order valence-corrected chi connectivity index (χ2v) is 6.65. The fourth-order valence-electron chi connectivity index (χ4n) is 2.42. The highest BCUT2D eigenvalue weighted by molar-refractivity contribution is 7.71. The second-order valence-electron chi connectivity index (χ2n) is 5.21. The molecular formula is C17H11N3O3S2. The van der Waals surface area contributed by atoms with Crippen molar-refractivity contribution in [2.24, 2.45) is 0 Å². The Bertz CT molecular complexity index is 1170. The number of nitrogens with one attached hydrogen (secondary N) is 2. The maximum absolute atomic E-state index is 12.7. The van der Waals surface area contributed by atoms with E-state index in [2.05, 4.69) is 10.4 Å². The van der Waals surface area contributed by atoms with Crippen molar-refractivity contribution in [3.8, 4) is 10.4 Å². The molecule has 1 amide bonds. The van der Waals surface area contributed by atoms with Crippen LogP contribution in [0, 0.1) is 4.77 Å². The topological polar surface area (TPSA) is 80.0 Å². The molecular weight excluding hydrogens is 358 g/mol. The van der Waals surface area contributed by atoms with Gasteiger partial charge in [-0.05, 0) is 36.0 Å². The Morgan fingerprint density at radius 3 is 2.72 bits per heavy atom. The molecule has 3 aromatic heterocycles. The molecule has 0 spiro atoms. The zero-order valence-corrected chi connectivity index (χ0v) is 14.3. The summed E-state index contributed by atoms with van der Waals surface area (Å²) in [4.78, 5) is 29.5. The highest BCUT2D eigenvalue weighted by Crippen LogP contribution is 2.30.